The number of ether oxygens (including phenoxy) is 2. The van der Waals surface area contributed by atoms with Crippen LogP contribution in [-0.4, -0.2) is 47.8 Å². The molecule has 0 aliphatic rings. The summed E-state index contributed by atoms with van der Waals surface area (Å²) in [7, 11) is 2.45. The molecule has 29 heavy (non-hydrogen) atoms. The summed E-state index contributed by atoms with van der Waals surface area (Å²) in [5.41, 5.74) is 2.02. The zero-order valence-corrected chi connectivity index (χ0v) is 17.0. The van der Waals surface area contributed by atoms with Gasteiger partial charge in [0.25, 0.3) is 0 Å². The molecule has 10 heteroatoms. The number of imidazole rings is 1. The Morgan fingerprint density at radius 2 is 1.72 bits per heavy atom. The molecule has 2 aromatic carbocycles. The fourth-order valence-corrected chi connectivity index (χ4v) is 3.39. The number of rotatable bonds is 6. The Morgan fingerprint density at radius 1 is 1.07 bits per heavy atom. The van der Waals surface area contributed by atoms with E-state index in [1.165, 1.54) is 44.2 Å². The number of nitrogens with one attached hydrogen (secondary N) is 2. The third-order valence-corrected chi connectivity index (χ3v) is 4.93. The minimum Gasteiger partial charge on any atom is -0.465 e. The van der Waals surface area contributed by atoms with E-state index in [-0.39, 0.29) is 28.5 Å². The molecular weight excluding hydrogens is 418 g/mol. The van der Waals surface area contributed by atoms with Gasteiger partial charge in [-0.3, -0.25) is 4.79 Å². The molecule has 3 rings (SSSR count). The number of fused-ring (bicyclic) bond motifs is 1. The minimum absolute atomic E-state index is 0.0591. The van der Waals surface area contributed by atoms with Crippen molar-refractivity contribution in [3.8, 4) is 0 Å². The second-order valence-corrected chi connectivity index (χ2v) is 7.22. The summed E-state index contributed by atoms with van der Waals surface area (Å²) in [5, 5.41) is 3.81. The van der Waals surface area contributed by atoms with Gasteiger partial charge in [0.2, 0.25) is 5.91 Å². The molecule has 0 saturated carbocycles. The summed E-state index contributed by atoms with van der Waals surface area (Å²) in [6.45, 7) is 0. The predicted octanol–water partition coefficient (Wildman–Crippen LogP) is 3.52. The van der Waals surface area contributed by atoms with E-state index >= 15 is 0 Å². The molecular formula is C19H16ClN3O5S. The minimum atomic E-state index is -0.637. The first-order valence-electron chi connectivity index (χ1n) is 8.29. The Labute approximate surface area is 174 Å². The normalized spacial score (nSPS) is 10.6. The van der Waals surface area contributed by atoms with Crippen LogP contribution in [0.15, 0.2) is 41.6 Å². The summed E-state index contributed by atoms with van der Waals surface area (Å²) in [6.07, 6.45) is 0. The lowest BCUT2D eigenvalue weighted by molar-refractivity contribution is -0.113. The smallest absolute Gasteiger partial charge is 0.337 e. The largest absolute Gasteiger partial charge is 0.465 e. The molecule has 3 aromatic rings. The number of methoxy groups -OCH3 is 2. The third kappa shape index (κ3) is 5.07. The highest BCUT2D eigenvalue weighted by atomic mass is 35.5. The van der Waals surface area contributed by atoms with Crippen molar-refractivity contribution in [1.82, 2.24) is 9.97 Å². The predicted molar refractivity (Wildman–Crippen MR) is 110 cm³/mol. The number of H-pyrrole nitrogens is 1. The number of halogens is 1. The van der Waals surface area contributed by atoms with E-state index in [2.05, 4.69) is 24.8 Å². The van der Waals surface area contributed by atoms with Gasteiger partial charge in [0.15, 0.2) is 5.16 Å². The fraction of sp³-hybridized carbons (Fsp3) is 0.158. The number of esters is 2. The van der Waals surface area contributed by atoms with Crippen LogP contribution in [0, 0.1) is 0 Å². The van der Waals surface area contributed by atoms with Gasteiger partial charge in [-0.25, -0.2) is 14.6 Å². The molecule has 150 valence electrons. The van der Waals surface area contributed by atoms with Gasteiger partial charge in [-0.15, -0.1) is 0 Å². The van der Waals surface area contributed by atoms with Gasteiger partial charge in [0, 0.05) is 10.7 Å². The summed E-state index contributed by atoms with van der Waals surface area (Å²) in [4.78, 5) is 43.4. The van der Waals surface area contributed by atoms with Gasteiger partial charge < -0.3 is 19.8 Å². The van der Waals surface area contributed by atoms with Gasteiger partial charge in [-0.1, -0.05) is 23.4 Å². The Bertz CT molecular complexity index is 1060. The molecule has 0 bridgehead atoms. The second kappa shape index (κ2) is 8.97. The van der Waals surface area contributed by atoms with E-state index in [4.69, 9.17) is 11.6 Å². The molecule has 0 fully saturated rings. The zero-order valence-electron chi connectivity index (χ0n) is 15.4. The van der Waals surface area contributed by atoms with E-state index in [0.717, 1.165) is 11.0 Å². The van der Waals surface area contributed by atoms with E-state index in [1.807, 2.05) is 0 Å². The van der Waals surface area contributed by atoms with Gasteiger partial charge in [-0.2, -0.15) is 0 Å². The second-order valence-electron chi connectivity index (χ2n) is 5.82. The Morgan fingerprint density at radius 3 is 2.34 bits per heavy atom. The molecule has 0 saturated heterocycles. The third-order valence-electron chi connectivity index (χ3n) is 3.82. The number of benzene rings is 2. The van der Waals surface area contributed by atoms with Crippen LogP contribution in [0.1, 0.15) is 20.7 Å². The number of anilines is 1. The highest BCUT2D eigenvalue weighted by Crippen LogP contribution is 2.23. The lowest BCUT2D eigenvalue weighted by atomic mass is 10.1. The van der Waals surface area contributed by atoms with Crippen molar-refractivity contribution in [1.29, 1.82) is 0 Å². The molecule has 0 radical (unpaired) electrons. The number of nitrogens with zero attached hydrogens (tertiary/aromatic N) is 1. The van der Waals surface area contributed by atoms with Crippen molar-refractivity contribution < 1.29 is 23.9 Å². The number of aromatic amines is 1. The zero-order chi connectivity index (χ0) is 21.0. The maximum absolute atomic E-state index is 12.3. The highest BCUT2D eigenvalue weighted by molar-refractivity contribution is 7.99. The van der Waals surface area contributed by atoms with Gasteiger partial charge in [0.1, 0.15) is 0 Å². The molecule has 0 spiro atoms. The maximum Gasteiger partial charge on any atom is 0.337 e. The van der Waals surface area contributed by atoms with E-state index < -0.39 is 11.9 Å². The maximum atomic E-state index is 12.3. The van der Waals surface area contributed by atoms with Crippen LogP contribution >= 0.6 is 23.4 Å². The first-order chi connectivity index (χ1) is 13.9. The Kier molecular flexibility index (Phi) is 6.40. The van der Waals surface area contributed by atoms with E-state index in [0.29, 0.717) is 10.2 Å². The lowest BCUT2D eigenvalue weighted by Gasteiger charge is -2.09. The van der Waals surface area contributed by atoms with Crippen molar-refractivity contribution in [2.45, 2.75) is 5.16 Å². The van der Waals surface area contributed by atoms with Crippen molar-refractivity contribution in [2.75, 3.05) is 25.3 Å². The summed E-state index contributed by atoms with van der Waals surface area (Å²) in [6, 6.07) is 9.44. The van der Waals surface area contributed by atoms with Crippen molar-refractivity contribution in [2.24, 2.45) is 0 Å². The number of aromatic nitrogens is 2. The molecule has 1 heterocycles. The average Bonchev–Trinajstić information content (AvgIpc) is 3.12. The van der Waals surface area contributed by atoms with Gasteiger partial charge in [-0.05, 0) is 36.4 Å². The van der Waals surface area contributed by atoms with Crippen LogP contribution < -0.4 is 5.32 Å². The molecule has 0 aliphatic carbocycles. The van der Waals surface area contributed by atoms with Crippen molar-refractivity contribution >= 4 is 57.9 Å². The first kappa shape index (κ1) is 20.7. The summed E-state index contributed by atoms with van der Waals surface area (Å²) < 4.78 is 9.35. The van der Waals surface area contributed by atoms with Crippen LogP contribution in [-0.2, 0) is 14.3 Å². The summed E-state index contributed by atoms with van der Waals surface area (Å²) in [5.74, 6) is -1.56. The number of thioether (sulfide) groups is 1. The molecule has 1 aromatic heterocycles. The monoisotopic (exact) mass is 433 g/mol. The molecule has 2 N–H and O–H groups in total. The Balaban J connectivity index is 1.71. The molecule has 0 aliphatic heterocycles. The molecule has 0 atom stereocenters. The van der Waals surface area contributed by atoms with E-state index in [9.17, 15) is 14.4 Å². The number of carbonyl (C=O) groups is 3. The van der Waals surface area contributed by atoms with Crippen molar-refractivity contribution in [3.63, 3.8) is 0 Å². The topological polar surface area (TPSA) is 110 Å². The number of carbonyl (C=O) groups excluding carboxylic acids is 3. The van der Waals surface area contributed by atoms with Crippen LogP contribution in [0.4, 0.5) is 5.69 Å². The van der Waals surface area contributed by atoms with Crippen LogP contribution in [0.5, 0.6) is 0 Å². The molecule has 1 amide bonds. The highest BCUT2D eigenvalue weighted by Gasteiger charge is 2.15. The number of hydrogen-bond acceptors (Lipinski definition) is 7. The van der Waals surface area contributed by atoms with Gasteiger partial charge >= 0.3 is 11.9 Å². The fourth-order valence-electron chi connectivity index (χ4n) is 2.53. The van der Waals surface area contributed by atoms with Crippen molar-refractivity contribution in [3.05, 3.63) is 52.5 Å². The quantitative estimate of drug-likeness (QED) is 0.452. The molecule has 0 unspecified atom stereocenters. The summed E-state index contributed by atoms with van der Waals surface area (Å²) >= 11 is 7.16. The average molecular weight is 434 g/mol. The number of amides is 1. The van der Waals surface area contributed by atoms with Gasteiger partial charge in [0.05, 0.1) is 42.1 Å². The first-order valence-corrected chi connectivity index (χ1v) is 9.65. The SMILES string of the molecule is COC(=O)c1cc(NC(=O)CSc2nc3ccc(Cl)cc3[nH]2)cc(C(=O)OC)c1. The van der Waals surface area contributed by atoms with Crippen LogP contribution in [0.25, 0.3) is 11.0 Å². The Hall–Kier alpha value is -3.04. The van der Waals surface area contributed by atoms with Crippen LogP contribution in [0.2, 0.25) is 5.02 Å². The molecule has 8 nitrogen and oxygen atoms in total. The standard InChI is InChI=1S/C19H16ClN3O5S/c1-27-17(25)10-5-11(18(26)28-2)7-13(6-10)21-16(24)9-29-19-22-14-4-3-12(20)8-15(14)23-19/h3-8H,9H2,1-2H3,(H,21,24)(H,22,23). The van der Waals surface area contributed by atoms with Crippen LogP contribution in [0.3, 0.4) is 0 Å². The lowest BCUT2D eigenvalue weighted by Crippen LogP contribution is -2.16. The number of hydrogen-bond donors (Lipinski definition) is 2. The van der Waals surface area contributed by atoms with E-state index in [1.54, 1.807) is 18.2 Å².